The van der Waals surface area contributed by atoms with Crippen molar-refractivity contribution in [3.8, 4) is 0 Å². The first-order valence-electron chi connectivity index (χ1n) is 5.81. The first-order valence-corrected chi connectivity index (χ1v) is 7.45. The van der Waals surface area contributed by atoms with E-state index < -0.39 is 0 Å². The van der Waals surface area contributed by atoms with Crippen molar-refractivity contribution in [1.82, 2.24) is 5.32 Å². The Bertz CT molecular complexity index is 355. The summed E-state index contributed by atoms with van der Waals surface area (Å²) >= 11 is 13.8. The van der Waals surface area contributed by atoms with E-state index in [0.29, 0.717) is 11.2 Å². The van der Waals surface area contributed by atoms with Gasteiger partial charge in [-0.3, -0.25) is 0 Å². The summed E-state index contributed by atoms with van der Waals surface area (Å²) in [6, 6.07) is 5.59. The maximum atomic E-state index is 6.12. The van der Waals surface area contributed by atoms with Gasteiger partial charge in [-0.15, -0.1) is 11.8 Å². The third-order valence-corrected chi connectivity index (χ3v) is 4.04. The molecular formula is C13H19Cl2NS. The molecule has 0 spiro atoms. The fourth-order valence-electron chi connectivity index (χ4n) is 1.40. The molecule has 0 radical (unpaired) electrons. The van der Waals surface area contributed by atoms with Crippen LogP contribution < -0.4 is 5.32 Å². The number of hydrogen-bond donors (Lipinski definition) is 1. The van der Waals surface area contributed by atoms with Gasteiger partial charge in [0.05, 0.1) is 5.02 Å². The highest BCUT2D eigenvalue weighted by atomic mass is 35.5. The lowest BCUT2D eigenvalue weighted by atomic mass is 10.2. The fourth-order valence-corrected chi connectivity index (χ4v) is 2.90. The van der Waals surface area contributed by atoms with Crippen molar-refractivity contribution in [2.24, 2.45) is 5.92 Å². The summed E-state index contributed by atoms with van der Waals surface area (Å²) in [6.07, 6.45) is 0. The molecule has 0 aliphatic rings. The number of thioether (sulfide) groups is 1. The first kappa shape index (κ1) is 15.2. The molecule has 1 nitrogen and oxygen atoms in total. The van der Waals surface area contributed by atoms with Crippen LogP contribution in [0.25, 0.3) is 0 Å². The van der Waals surface area contributed by atoms with Crippen LogP contribution in [0.2, 0.25) is 10.0 Å². The van der Waals surface area contributed by atoms with E-state index in [0.717, 1.165) is 28.0 Å². The number of hydrogen-bond acceptors (Lipinski definition) is 2. The predicted octanol–water partition coefficient (Wildman–Crippen LogP) is 4.72. The maximum Gasteiger partial charge on any atom is 0.0543 e. The highest BCUT2D eigenvalue weighted by Gasteiger charge is 2.08. The average molecular weight is 292 g/mol. The van der Waals surface area contributed by atoms with Crippen LogP contribution in [0.5, 0.6) is 0 Å². The van der Waals surface area contributed by atoms with Crippen molar-refractivity contribution < 1.29 is 0 Å². The molecule has 0 bridgehead atoms. The van der Waals surface area contributed by atoms with Crippen LogP contribution in [0.3, 0.4) is 0 Å². The lowest BCUT2D eigenvalue weighted by Gasteiger charge is -2.14. The molecular weight excluding hydrogens is 273 g/mol. The molecule has 17 heavy (non-hydrogen) atoms. The van der Waals surface area contributed by atoms with Crippen molar-refractivity contribution >= 4 is 35.0 Å². The van der Waals surface area contributed by atoms with Crippen LogP contribution in [0.15, 0.2) is 23.1 Å². The minimum Gasteiger partial charge on any atom is -0.315 e. The Morgan fingerprint density at radius 2 is 1.88 bits per heavy atom. The largest absolute Gasteiger partial charge is 0.315 e. The summed E-state index contributed by atoms with van der Waals surface area (Å²) in [5.41, 5.74) is 0. The minimum atomic E-state index is 0.477. The van der Waals surface area contributed by atoms with Crippen molar-refractivity contribution in [3.63, 3.8) is 0 Å². The molecule has 1 atom stereocenters. The Balaban J connectivity index is 2.44. The summed E-state index contributed by atoms with van der Waals surface area (Å²) < 4.78 is 0. The Hall–Kier alpha value is 0.110. The lowest BCUT2D eigenvalue weighted by molar-refractivity contribution is 0.554. The molecule has 96 valence electrons. The van der Waals surface area contributed by atoms with Gasteiger partial charge >= 0.3 is 0 Å². The second-order valence-electron chi connectivity index (χ2n) is 4.56. The molecule has 0 saturated heterocycles. The van der Waals surface area contributed by atoms with E-state index in [1.54, 1.807) is 11.8 Å². The summed E-state index contributed by atoms with van der Waals surface area (Å²) in [4.78, 5) is 1.05. The topological polar surface area (TPSA) is 12.0 Å². The molecule has 1 rings (SSSR count). The van der Waals surface area contributed by atoms with Crippen LogP contribution in [0.1, 0.15) is 20.8 Å². The molecule has 0 heterocycles. The first-order chi connectivity index (χ1) is 7.99. The second-order valence-corrected chi connectivity index (χ2v) is 6.88. The monoisotopic (exact) mass is 291 g/mol. The molecule has 0 aromatic heterocycles. The molecule has 4 heteroatoms. The SMILES string of the molecule is CC(C)CNCC(C)Sc1cc(Cl)ccc1Cl. The number of halogens is 2. The van der Waals surface area contributed by atoms with Crippen LogP contribution in [-0.4, -0.2) is 18.3 Å². The highest BCUT2D eigenvalue weighted by molar-refractivity contribution is 8.00. The number of rotatable bonds is 6. The second kappa shape index (κ2) is 7.52. The summed E-state index contributed by atoms with van der Waals surface area (Å²) in [7, 11) is 0. The van der Waals surface area contributed by atoms with Gasteiger partial charge in [-0.2, -0.15) is 0 Å². The van der Waals surface area contributed by atoms with Crippen molar-refractivity contribution in [1.29, 1.82) is 0 Å². The van der Waals surface area contributed by atoms with Crippen molar-refractivity contribution in [2.75, 3.05) is 13.1 Å². The molecule has 1 unspecified atom stereocenters. The van der Waals surface area contributed by atoms with Crippen LogP contribution in [-0.2, 0) is 0 Å². The van der Waals surface area contributed by atoms with Gasteiger partial charge in [0, 0.05) is 21.7 Å². The zero-order chi connectivity index (χ0) is 12.8. The third-order valence-electron chi connectivity index (χ3n) is 2.21. The van der Waals surface area contributed by atoms with E-state index in [9.17, 15) is 0 Å². The van der Waals surface area contributed by atoms with E-state index >= 15 is 0 Å². The van der Waals surface area contributed by atoms with Gasteiger partial charge in [-0.25, -0.2) is 0 Å². The van der Waals surface area contributed by atoms with Gasteiger partial charge in [0.1, 0.15) is 0 Å². The van der Waals surface area contributed by atoms with E-state index in [1.165, 1.54) is 0 Å². The van der Waals surface area contributed by atoms with Gasteiger partial charge in [-0.05, 0) is 30.7 Å². The van der Waals surface area contributed by atoms with Crippen LogP contribution in [0, 0.1) is 5.92 Å². The quantitative estimate of drug-likeness (QED) is 0.761. The average Bonchev–Trinajstić information content (AvgIpc) is 2.23. The number of nitrogens with one attached hydrogen (secondary N) is 1. The number of benzene rings is 1. The van der Waals surface area contributed by atoms with Crippen LogP contribution in [0.4, 0.5) is 0 Å². The summed E-state index contributed by atoms with van der Waals surface area (Å²) in [6.45, 7) is 8.63. The Kier molecular flexibility index (Phi) is 6.71. The van der Waals surface area contributed by atoms with Gasteiger partial charge in [0.25, 0.3) is 0 Å². The van der Waals surface area contributed by atoms with Crippen molar-refractivity contribution in [3.05, 3.63) is 28.2 Å². The zero-order valence-corrected chi connectivity index (χ0v) is 12.8. The molecule has 0 aliphatic heterocycles. The van der Waals surface area contributed by atoms with Crippen LogP contribution >= 0.6 is 35.0 Å². The van der Waals surface area contributed by atoms with E-state index in [-0.39, 0.29) is 0 Å². The van der Waals surface area contributed by atoms with Gasteiger partial charge < -0.3 is 5.32 Å². The standard InChI is InChI=1S/C13H19Cl2NS/c1-9(2)7-16-8-10(3)17-13-6-11(14)4-5-12(13)15/h4-6,9-10,16H,7-8H2,1-3H3. The molecule has 0 saturated carbocycles. The lowest BCUT2D eigenvalue weighted by Crippen LogP contribution is -2.26. The summed E-state index contributed by atoms with van der Waals surface area (Å²) in [5, 5.41) is 5.43. The zero-order valence-electron chi connectivity index (χ0n) is 10.5. The third kappa shape index (κ3) is 6.01. The smallest absolute Gasteiger partial charge is 0.0543 e. The highest BCUT2D eigenvalue weighted by Crippen LogP contribution is 2.32. The molecule has 0 fully saturated rings. The Morgan fingerprint density at radius 1 is 1.18 bits per heavy atom. The fraction of sp³-hybridized carbons (Fsp3) is 0.538. The van der Waals surface area contributed by atoms with Gasteiger partial charge in [0.2, 0.25) is 0 Å². The van der Waals surface area contributed by atoms with E-state index in [4.69, 9.17) is 23.2 Å². The molecule has 0 amide bonds. The van der Waals surface area contributed by atoms with Gasteiger partial charge in [0.15, 0.2) is 0 Å². The normalized spacial score (nSPS) is 13.1. The molecule has 1 aromatic carbocycles. The van der Waals surface area contributed by atoms with Crippen molar-refractivity contribution in [2.45, 2.75) is 30.9 Å². The molecule has 0 aliphatic carbocycles. The minimum absolute atomic E-state index is 0.477. The van der Waals surface area contributed by atoms with E-state index in [1.807, 2.05) is 18.2 Å². The summed E-state index contributed by atoms with van der Waals surface area (Å²) in [5.74, 6) is 0.682. The molecule has 1 aromatic rings. The Morgan fingerprint density at radius 3 is 2.53 bits per heavy atom. The Labute approximate surface area is 118 Å². The maximum absolute atomic E-state index is 6.12. The van der Waals surface area contributed by atoms with E-state index in [2.05, 4.69) is 26.1 Å². The predicted molar refractivity (Wildman–Crippen MR) is 79.5 cm³/mol. The molecule has 1 N–H and O–H groups in total. The van der Waals surface area contributed by atoms with Gasteiger partial charge in [-0.1, -0.05) is 44.0 Å².